The van der Waals surface area contributed by atoms with Gasteiger partial charge >= 0.3 is 0 Å². The Morgan fingerprint density at radius 1 is 1.09 bits per heavy atom. The van der Waals surface area contributed by atoms with Crippen LogP contribution in [0.5, 0.6) is 0 Å². The number of nitrogens with zero attached hydrogens (tertiary/aromatic N) is 4. The number of imidazole rings is 1. The Kier molecular flexibility index (Phi) is 5.42. The van der Waals surface area contributed by atoms with Crippen LogP contribution in [0.25, 0.3) is 22.1 Å². The maximum atomic E-state index is 14.0. The molecule has 0 amide bonds. The van der Waals surface area contributed by atoms with Gasteiger partial charge in [-0.3, -0.25) is 0 Å². The molecule has 0 radical (unpaired) electrons. The second-order valence-electron chi connectivity index (χ2n) is 7.43. The summed E-state index contributed by atoms with van der Waals surface area (Å²) in [5, 5.41) is 5.24. The molecular weight excluding hydrogens is 452 g/mol. The molecule has 0 fully saturated rings. The van der Waals surface area contributed by atoms with E-state index in [2.05, 4.69) is 25.3 Å². The van der Waals surface area contributed by atoms with E-state index in [0.29, 0.717) is 52.2 Å². The number of aromatic nitrogens is 5. The maximum Gasteiger partial charge on any atom is 0.165 e. The van der Waals surface area contributed by atoms with Gasteiger partial charge < -0.3 is 20.6 Å². The van der Waals surface area contributed by atoms with Crippen LogP contribution in [0.1, 0.15) is 16.8 Å². The number of nitrogens with two attached hydrogens (primary N) is 1. The molecule has 10 heteroatoms. The lowest BCUT2D eigenvalue weighted by Gasteiger charge is -2.08. The quantitative estimate of drug-likeness (QED) is 0.335. The minimum Gasteiger partial charge on any atom is -0.382 e. The number of rotatable bonds is 6. The van der Waals surface area contributed by atoms with Crippen molar-refractivity contribution in [3.05, 3.63) is 81.7 Å². The van der Waals surface area contributed by atoms with Gasteiger partial charge in [0.1, 0.15) is 17.7 Å². The highest BCUT2D eigenvalue weighted by atomic mass is 35.5. The predicted molar refractivity (Wildman–Crippen MR) is 124 cm³/mol. The lowest BCUT2D eigenvalue weighted by molar-refractivity contribution is 0.586. The summed E-state index contributed by atoms with van der Waals surface area (Å²) in [7, 11) is 0. The monoisotopic (exact) mass is 469 g/mol. The molecule has 3 heterocycles. The fourth-order valence-corrected chi connectivity index (χ4v) is 4.26. The minimum absolute atomic E-state index is 0.316. The molecule has 32 heavy (non-hydrogen) atoms. The zero-order chi connectivity index (χ0) is 22.2. The van der Waals surface area contributed by atoms with Gasteiger partial charge in [-0.05, 0) is 35.9 Å². The van der Waals surface area contributed by atoms with E-state index >= 15 is 0 Å². The van der Waals surface area contributed by atoms with E-state index in [-0.39, 0.29) is 5.82 Å². The van der Waals surface area contributed by atoms with Gasteiger partial charge in [0.25, 0.3) is 0 Å². The van der Waals surface area contributed by atoms with Gasteiger partial charge in [0.2, 0.25) is 0 Å². The van der Waals surface area contributed by atoms with Crippen molar-refractivity contribution in [3.8, 4) is 0 Å². The standard InChI is InChI=1S/C22H18Cl2FN7/c23-14-4-12-6-15(7-27-8-16-17(24)2-1-3-18(16)25)31-19(12)13(5-14)9-32-11-30-20-21(26)28-10-29-22(20)32/h1-6,10-11,27,31H,7-9H2,(H2,26,28,29). The van der Waals surface area contributed by atoms with Crippen LogP contribution >= 0.6 is 23.2 Å². The van der Waals surface area contributed by atoms with Crippen LogP contribution in [0.3, 0.4) is 0 Å². The second-order valence-corrected chi connectivity index (χ2v) is 8.27. The fourth-order valence-electron chi connectivity index (χ4n) is 3.78. The van der Waals surface area contributed by atoms with Crippen molar-refractivity contribution in [2.75, 3.05) is 5.73 Å². The minimum atomic E-state index is -0.326. The number of halogens is 3. The lowest BCUT2D eigenvalue weighted by atomic mass is 10.1. The normalized spacial score (nSPS) is 11.6. The number of hydrogen-bond donors (Lipinski definition) is 3. The molecule has 0 atom stereocenters. The first-order valence-electron chi connectivity index (χ1n) is 9.84. The van der Waals surface area contributed by atoms with Gasteiger partial charge in [0.05, 0.1) is 18.4 Å². The third kappa shape index (κ3) is 3.88. The van der Waals surface area contributed by atoms with Crippen molar-refractivity contribution in [1.82, 2.24) is 29.8 Å². The Labute approximate surface area is 192 Å². The molecule has 0 aliphatic carbocycles. The van der Waals surface area contributed by atoms with Crippen LogP contribution in [0.4, 0.5) is 10.2 Å². The number of nitrogen functional groups attached to an aromatic ring is 1. The molecule has 0 aliphatic heterocycles. The average Bonchev–Trinajstić information content (AvgIpc) is 3.35. The molecule has 3 aromatic heterocycles. The van der Waals surface area contributed by atoms with Gasteiger partial charge in [-0.25, -0.2) is 19.3 Å². The Morgan fingerprint density at radius 2 is 1.97 bits per heavy atom. The molecule has 0 spiro atoms. The summed E-state index contributed by atoms with van der Waals surface area (Å²) < 4.78 is 15.9. The highest BCUT2D eigenvalue weighted by Gasteiger charge is 2.13. The molecule has 5 rings (SSSR count). The number of hydrogen-bond acceptors (Lipinski definition) is 5. The Bertz CT molecular complexity index is 1420. The van der Waals surface area contributed by atoms with E-state index < -0.39 is 0 Å². The highest BCUT2D eigenvalue weighted by molar-refractivity contribution is 6.31. The van der Waals surface area contributed by atoms with Gasteiger partial charge in [-0.15, -0.1) is 0 Å². The number of aromatic amines is 1. The van der Waals surface area contributed by atoms with Crippen molar-refractivity contribution in [2.45, 2.75) is 19.6 Å². The summed E-state index contributed by atoms with van der Waals surface area (Å²) in [4.78, 5) is 16.0. The van der Waals surface area contributed by atoms with Crippen LogP contribution in [0.2, 0.25) is 10.0 Å². The van der Waals surface area contributed by atoms with Crippen LogP contribution in [-0.4, -0.2) is 24.5 Å². The largest absolute Gasteiger partial charge is 0.382 e. The summed E-state index contributed by atoms with van der Waals surface area (Å²) >= 11 is 12.5. The molecule has 162 valence electrons. The first-order valence-corrected chi connectivity index (χ1v) is 10.6. The van der Waals surface area contributed by atoms with Crippen molar-refractivity contribution < 1.29 is 4.39 Å². The molecule has 0 bridgehead atoms. The predicted octanol–water partition coefficient (Wildman–Crippen LogP) is 4.67. The summed E-state index contributed by atoms with van der Waals surface area (Å²) in [6.45, 7) is 1.33. The first kappa shape index (κ1) is 20.7. The van der Waals surface area contributed by atoms with E-state index in [1.165, 1.54) is 12.4 Å². The van der Waals surface area contributed by atoms with Crippen LogP contribution in [0, 0.1) is 5.82 Å². The average molecular weight is 470 g/mol. The number of fused-ring (bicyclic) bond motifs is 2. The molecular formula is C22H18Cl2FN7. The van der Waals surface area contributed by atoms with Gasteiger partial charge in [-0.2, -0.15) is 0 Å². The fraction of sp³-hybridized carbons (Fsp3) is 0.136. The van der Waals surface area contributed by atoms with Crippen LogP contribution in [-0.2, 0) is 19.6 Å². The van der Waals surface area contributed by atoms with E-state index in [9.17, 15) is 4.39 Å². The Hall–Kier alpha value is -3.20. The van der Waals surface area contributed by atoms with Gasteiger partial charge in [-0.1, -0.05) is 29.3 Å². The van der Waals surface area contributed by atoms with Crippen molar-refractivity contribution >= 4 is 51.1 Å². The molecule has 4 N–H and O–H groups in total. The SMILES string of the molecule is Nc1ncnc2c1ncn2Cc1cc(Cl)cc2cc(CNCc3c(F)cccc3Cl)[nH]c12. The number of H-pyrrole nitrogens is 1. The van der Waals surface area contributed by atoms with E-state index in [4.69, 9.17) is 28.9 Å². The summed E-state index contributed by atoms with van der Waals surface area (Å²) in [5.74, 6) is 0.0147. The van der Waals surface area contributed by atoms with Gasteiger partial charge in [0, 0.05) is 39.8 Å². The molecule has 5 aromatic rings. The number of benzene rings is 2. The molecule has 0 aliphatic rings. The third-order valence-corrected chi connectivity index (χ3v) is 5.85. The summed E-state index contributed by atoms with van der Waals surface area (Å²) in [6.07, 6.45) is 3.11. The summed E-state index contributed by atoms with van der Waals surface area (Å²) in [6, 6.07) is 10.5. The second kappa shape index (κ2) is 8.38. The highest BCUT2D eigenvalue weighted by Crippen LogP contribution is 2.27. The van der Waals surface area contributed by atoms with Crippen molar-refractivity contribution in [2.24, 2.45) is 0 Å². The zero-order valence-electron chi connectivity index (χ0n) is 16.7. The van der Waals surface area contributed by atoms with Crippen molar-refractivity contribution in [1.29, 1.82) is 0 Å². The van der Waals surface area contributed by atoms with Crippen LogP contribution < -0.4 is 11.1 Å². The smallest absolute Gasteiger partial charge is 0.165 e. The lowest BCUT2D eigenvalue weighted by Crippen LogP contribution is -2.14. The van der Waals surface area contributed by atoms with Crippen molar-refractivity contribution in [3.63, 3.8) is 0 Å². The zero-order valence-corrected chi connectivity index (χ0v) is 18.3. The molecule has 0 unspecified atom stereocenters. The molecule has 2 aromatic carbocycles. The number of nitrogens with one attached hydrogen (secondary N) is 2. The molecule has 0 saturated carbocycles. The maximum absolute atomic E-state index is 14.0. The van der Waals surface area contributed by atoms with E-state index in [1.54, 1.807) is 18.5 Å². The van der Waals surface area contributed by atoms with Gasteiger partial charge in [0.15, 0.2) is 11.5 Å². The van der Waals surface area contributed by atoms with Crippen LogP contribution in [0.15, 0.2) is 49.1 Å². The topological polar surface area (TPSA) is 97.4 Å². The summed E-state index contributed by atoms with van der Waals surface area (Å²) in [5.41, 5.74) is 10.4. The first-order chi connectivity index (χ1) is 15.5. The van der Waals surface area contributed by atoms with E-state index in [1.807, 2.05) is 22.8 Å². The Balaban J connectivity index is 1.40. The molecule has 0 saturated heterocycles. The Morgan fingerprint density at radius 3 is 2.81 bits per heavy atom. The molecule has 7 nitrogen and oxygen atoms in total. The number of anilines is 1. The third-order valence-electron chi connectivity index (χ3n) is 5.28. The van der Waals surface area contributed by atoms with E-state index in [0.717, 1.165) is 22.2 Å².